The summed E-state index contributed by atoms with van der Waals surface area (Å²) in [5, 5.41) is 7.00. The van der Waals surface area contributed by atoms with Gasteiger partial charge in [0, 0.05) is 12.2 Å². The summed E-state index contributed by atoms with van der Waals surface area (Å²) in [6.07, 6.45) is 0. The second kappa shape index (κ2) is 7.19. The predicted octanol–water partition coefficient (Wildman–Crippen LogP) is 1.12. The van der Waals surface area contributed by atoms with Crippen LogP contribution in [0.5, 0.6) is 0 Å². The van der Waals surface area contributed by atoms with E-state index >= 15 is 0 Å². The molecule has 122 valence electrons. The molecule has 0 atom stereocenters. The highest BCUT2D eigenvalue weighted by Gasteiger charge is 2.21. The summed E-state index contributed by atoms with van der Waals surface area (Å²) in [4.78, 5) is 13.8. The summed E-state index contributed by atoms with van der Waals surface area (Å²) in [5.41, 5.74) is 1.44. The number of hydrogen-bond donors (Lipinski definition) is 1. The smallest absolute Gasteiger partial charge is 0.283 e. The van der Waals surface area contributed by atoms with E-state index in [2.05, 4.69) is 10.2 Å². The van der Waals surface area contributed by atoms with Gasteiger partial charge in [-0.25, -0.2) is 4.72 Å². The number of nitrogens with one attached hydrogen (secondary N) is 1. The number of aryl methyl sites for hydroxylation is 1. The van der Waals surface area contributed by atoms with Gasteiger partial charge in [-0.2, -0.15) is 13.5 Å². The number of para-hydroxylation sites is 1. The standard InChI is InChI=1S/C15H18N4O3S/c1-3-19(13-7-5-4-6-8-13)11-14(20)18-23(21,22)15-10-9-12(2)16-17-15/h4-10H,3,11H2,1-2H3,(H,18,20). The molecule has 0 saturated carbocycles. The molecule has 0 unspecified atom stereocenters. The van der Waals surface area contributed by atoms with Crippen LogP contribution in [0.1, 0.15) is 12.6 Å². The van der Waals surface area contributed by atoms with Gasteiger partial charge in [0.1, 0.15) is 0 Å². The van der Waals surface area contributed by atoms with Crippen molar-refractivity contribution >= 4 is 21.6 Å². The van der Waals surface area contributed by atoms with Gasteiger partial charge in [-0.3, -0.25) is 4.79 Å². The third-order valence-electron chi connectivity index (χ3n) is 3.13. The van der Waals surface area contributed by atoms with Crippen LogP contribution >= 0.6 is 0 Å². The lowest BCUT2D eigenvalue weighted by Gasteiger charge is -2.22. The van der Waals surface area contributed by atoms with E-state index in [1.807, 2.05) is 42.0 Å². The first-order valence-electron chi connectivity index (χ1n) is 7.08. The molecule has 23 heavy (non-hydrogen) atoms. The lowest BCUT2D eigenvalue weighted by atomic mass is 10.3. The number of amides is 1. The molecule has 1 amide bonds. The third-order valence-corrected chi connectivity index (χ3v) is 4.40. The van der Waals surface area contributed by atoms with Crippen molar-refractivity contribution in [3.05, 3.63) is 48.2 Å². The number of benzene rings is 1. The van der Waals surface area contributed by atoms with Crippen LogP contribution in [0.2, 0.25) is 0 Å². The number of sulfonamides is 1. The van der Waals surface area contributed by atoms with Crippen LogP contribution < -0.4 is 9.62 Å². The Kier molecular flexibility index (Phi) is 5.28. The van der Waals surface area contributed by atoms with E-state index in [-0.39, 0.29) is 11.6 Å². The van der Waals surface area contributed by atoms with E-state index in [1.54, 1.807) is 11.8 Å². The normalized spacial score (nSPS) is 11.0. The Morgan fingerprint density at radius 1 is 1.13 bits per heavy atom. The van der Waals surface area contributed by atoms with Crippen molar-refractivity contribution in [1.29, 1.82) is 0 Å². The van der Waals surface area contributed by atoms with Crippen molar-refractivity contribution in [2.75, 3.05) is 18.0 Å². The summed E-state index contributed by atoms with van der Waals surface area (Å²) < 4.78 is 26.2. The highest BCUT2D eigenvalue weighted by molar-refractivity contribution is 7.90. The van der Waals surface area contributed by atoms with Crippen molar-refractivity contribution in [3.63, 3.8) is 0 Å². The summed E-state index contributed by atoms with van der Waals surface area (Å²) in [5.74, 6) is -0.627. The van der Waals surface area contributed by atoms with Crippen LogP contribution in [0.3, 0.4) is 0 Å². The first-order chi connectivity index (χ1) is 10.9. The summed E-state index contributed by atoms with van der Waals surface area (Å²) in [7, 11) is -4.01. The Labute approximate surface area is 135 Å². The molecule has 0 spiro atoms. The van der Waals surface area contributed by atoms with Crippen molar-refractivity contribution in [3.8, 4) is 0 Å². The fourth-order valence-electron chi connectivity index (χ4n) is 1.96. The highest BCUT2D eigenvalue weighted by Crippen LogP contribution is 2.12. The van der Waals surface area contributed by atoms with Gasteiger partial charge < -0.3 is 4.90 Å². The van der Waals surface area contributed by atoms with Crippen LogP contribution in [0.4, 0.5) is 5.69 Å². The van der Waals surface area contributed by atoms with Crippen LogP contribution in [0.25, 0.3) is 0 Å². The largest absolute Gasteiger partial charge is 0.362 e. The number of aromatic nitrogens is 2. The van der Waals surface area contributed by atoms with Gasteiger partial charge in [-0.05, 0) is 38.1 Å². The Bertz CT molecular complexity index is 761. The van der Waals surface area contributed by atoms with E-state index in [4.69, 9.17) is 0 Å². The second-order valence-corrected chi connectivity index (χ2v) is 6.52. The van der Waals surface area contributed by atoms with Gasteiger partial charge in [0.25, 0.3) is 15.9 Å². The SMILES string of the molecule is CCN(CC(=O)NS(=O)(=O)c1ccc(C)nn1)c1ccccc1. The Morgan fingerprint density at radius 2 is 1.83 bits per heavy atom. The zero-order valence-electron chi connectivity index (χ0n) is 12.9. The highest BCUT2D eigenvalue weighted by atomic mass is 32.2. The fourth-order valence-corrected chi connectivity index (χ4v) is 2.83. The van der Waals surface area contributed by atoms with Crippen molar-refractivity contribution in [1.82, 2.24) is 14.9 Å². The van der Waals surface area contributed by atoms with Crippen molar-refractivity contribution < 1.29 is 13.2 Å². The van der Waals surface area contributed by atoms with Gasteiger partial charge in [-0.15, -0.1) is 5.10 Å². The van der Waals surface area contributed by atoms with Gasteiger partial charge in [0.15, 0.2) is 5.03 Å². The van der Waals surface area contributed by atoms with E-state index in [0.717, 1.165) is 5.69 Å². The van der Waals surface area contributed by atoms with Crippen LogP contribution in [0, 0.1) is 6.92 Å². The van der Waals surface area contributed by atoms with Gasteiger partial charge in [0.05, 0.1) is 12.2 Å². The van der Waals surface area contributed by atoms with Crippen LogP contribution in [-0.2, 0) is 14.8 Å². The number of nitrogens with zero attached hydrogens (tertiary/aromatic N) is 3. The number of rotatable bonds is 6. The second-order valence-electron chi connectivity index (χ2n) is 4.89. The maximum absolute atomic E-state index is 12.1. The van der Waals surface area contributed by atoms with E-state index in [1.165, 1.54) is 12.1 Å². The van der Waals surface area contributed by atoms with Gasteiger partial charge >= 0.3 is 0 Å². The fraction of sp³-hybridized carbons (Fsp3) is 0.267. The molecule has 1 aromatic carbocycles. The molecule has 0 aliphatic carbocycles. The number of carbonyl (C=O) groups is 1. The number of hydrogen-bond acceptors (Lipinski definition) is 6. The van der Waals surface area contributed by atoms with Gasteiger partial charge in [0.2, 0.25) is 0 Å². The maximum atomic E-state index is 12.1. The Hall–Kier alpha value is -2.48. The average molecular weight is 334 g/mol. The molecule has 0 radical (unpaired) electrons. The predicted molar refractivity (Wildman–Crippen MR) is 86.4 cm³/mol. The molecule has 0 bridgehead atoms. The average Bonchev–Trinajstić information content (AvgIpc) is 2.53. The molecule has 1 heterocycles. The lowest BCUT2D eigenvalue weighted by Crippen LogP contribution is -2.40. The zero-order valence-corrected chi connectivity index (χ0v) is 13.7. The third kappa shape index (κ3) is 4.49. The molecule has 1 aromatic heterocycles. The van der Waals surface area contributed by atoms with Gasteiger partial charge in [-0.1, -0.05) is 18.2 Å². The molecule has 0 aliphatic heterocycles. The molecule has 0 saturated heterocycles. The molecule has 2 aromatic rings. The Morgan fingerprint density at radius 3 is 2.39 bits per heavy atom. The molecule has 7 nitrogen and oxygen atoms in total. The molecular weight excluding hydrogens is 316 g/mol. The molecular formula is C15H18N4O3S. The van der Waals surface area contributed by atoms with E-state index in [0.29, 0.717) is 12.2 Å². The number of anilines is 1. The zero-order chi connectivity index (χ0) is 16.9. The topological polar surface area (TPSA) is 92.3 Å². The van der Waals surface area contributed by atoms with Crippen molar-refractivity contribution in [2.24, 2.45) is 0 Å². The summed E-state index contributed by atoms with van der Waals surface area (Å²) in [6.45, 7) is 4.09. The monoisotopic (exact) mass is 334 g/mol. The molecule has 1 N–H and O–H groups in total. The maximum Gasteiger partial charge on any atom is 0.283 e. The summed E-state index contributed by atoms with van der Waals surface area (Å²) in [6, 6.07) is 12.1. The van der Waals surface area contributed by atoms with E-state index < -0.39 is 15.9 Å². The quantitative estimate of drug-likeness (QED) is 0.851. The molecule has 8 heteroatoms. The number of likely N-dealkylation sites (N-methyl/N-ethyl adjacent to an activating group) is 1. The molecule has 2 rings (SSSR count). The lowest BCUT2D eigenvalue weighted by molar-refractivity contribution is -0.118. The summed E-state index contributed by atoms with van der Waals surface area (Å²) >= 11 is 0. The van der Waals surface area contributed by atoms with E-state index in [9.17, 15) is 13.2 Å². The van der Waals surface area contributed by atoms with Crippen molar-refractivity contribution in [2.45, 2.75) is 18.9 Å². The minimum Gasteiger partial charge on any atom is -0.362 e. The Balaban J connectivity index is 2.07. The first-order valence-corrected chi connectivity index (χ1v) is 8.56. The van der Waals surface area contributed by atoms with Crippen LogP contribution in [0.15, 0.2) is 47.5 Å². The minimum absolute atomic E-state index is 0.0704. The molecule has 0 aliphatic rings. The first kappa shape index (κ1) is 16.9. The molecule has 0 fully saturated rings. The minimum atomic E-state index is -4.01. The van der Waals surface area contributed by atoms with Crippen LogP contribution in [-0.4, -0.2) is 37.6 Å². The number of carbonyl (C=O) groups excluding carboxylic acids is 1.